The van der Waals surface area contributed by atoms with E-state index in [1.54, 1.807) is 0 Å². The van der Waals surface area contributed by atoms with Gasteiger partial charge >= 0.3 is 0 Å². The molecule has 1 N–H and O–H groups in total. The van der Waals surface area contributed by atoms with Crippen LogP contribution in [0.15, 0.2) is 0 Å². The highest BCUT2D eigenvalue weighted by atomic mass is 16.5. The number of hydrogen-bond donors (Lipinski definition) is 1. The van der Waals surface area contributed by atoms with Crippen LogP contribution in [0.25, 0.3) is 0 Å². The van der Waals surface area contributed by atoms with Crippen LogP contribution in [-0.4, -0.2) is 26.8 Å². The van der Waals surface area contributed by atoms with E-state index < -0.39 is 0 Å². The molecule has 1 saturated carbocycles. The van der Waals surface area contributed by atoms with Gasteiger partial charge in [0.15, 0.2) is 0 Å². The van der Waals surface area contributed by atoms with E-state index >= 15 is 0 Å². The summed E-state index contributed by atoms with van der Waals surface area (Å²) in [6.07, 6.45) is 11.0. The maximum atomic E-state index is 5.23. The van der Waals surface area contributed by atoms with Gasteiger partial charge in [0.25, 0.3) is 0 Å². The molecule has 0 aromatic heterocycles. The lowest BCUT2D eigenvalue weighted by Gasteiger charge is -2.36. The van der Waals surface area contributed by atoms with Gasteiger partial charge in [-0.15, -0.1) is 0 Å². The fourth-order valence-electron chi connectivity index (χ4n) is 3.67. The monoisotopic (exact) mass is 269 g/mol. The fraction of sp³-hybridized carbons (Fsp3) is 1.00. The average molecular weight is 269 g/mol. The molecule has 0 bridgehead atoms. The Balaban J connectivity index is 2.37. The summed E-state index contributed by atoms with van der Waals surface area (Å²) in [5.74, 6) is 2.85. The summed E-state index contributed by atoms with van der Waals surface area (Å²) < 4.78 is 5.23. The fourth-order valence-corrected chi connectivity index (χ4v) is 3.67. The van der Waals surface area contributed by atoms with Gasteiger partial charge in [0.2, 0.25) is 0 Å². The van der Waals surface area contributed by atoms with E-state index in [0.717, 1.165) is 24.4 Å². The lowest BCUT2D eigenvalue weighted by Crippen LogP contribution is -2.33. The summed E-state index contributed by atoms with van der Waals surface area (Å²) >= 11 is 0. The number of nitrogens with one attached hydrogen (secondary N) is 1. The molecule has 1 aliphatic carbocycles. The Morgan fingerprint density at radius 1 is 1.05 bits per heavy atom. The van der Waals surface area contributed by atoms with Crippen molar-refractivity contribution in [1.29, 1.82) is 0 Å². The van der Waals surface area contributed by atoms with Crippen molar-refractivity contribution in [3.05, 3.63) is 0 Å². The Kier molecular flexibility index (Phi) is 9.54. The zero-order valence-corrected chi connectivity index (χ0v) is 13.4. The Bertz CT molecular complexity index is 207. The Hall–Kier alpha value is -0.0800. The maximum Gasteiger partial charge on any atom is 0.0462 e. The van der Waals surface area contributed by atoms with Gasteiger partial charge in [0, 0.05) is 13.7 Å². The summed E-state index contributed by atoms with van der Waals surface area (Å²) in [5, 5.41) is 3.64. The second kappa shape index (κ2) is 10.7. The molecule has 3 atom stereocenters. The first-order valence-corrected chi connectivity index (χ1v) is 8.51. The molecule has 3 unspecified atom stereocenters. The highest BCUT2D eigenvalue weighted by Crippen LogP contribution is 2.38. The molecular formula is C17H35NO. The molecule has 1 aliphatic rings. The molecule has 2 nitrogen and oxygen atoms in total. The van der Waals surface area contributed by atoms with Gasteiger partial charge in [0.05, 0.1) is 0 Å². The predicted octanol–water partition coefficient (Wildman–Crippen LogP) is 4.25. The van der Waals surface area contributed by atoms with E-state index in [-0.39, 0.29) is 0 Å². The zero-order chi connectivity index (χ0) is 13.9. The van der Waals surface area contributed by atoms with Crippen molar-refractivity contribution < 1.29 is 4.74 Å². The highest BCUT2D eigenvalue weighted by molar-refractivity contribution is 4.81. The second-order valence-corrected chi connectivity index (χ2v) is 6.33. The van der Waals surface area contributed by atoms with Crippen LogP contribution in [-0.2, 0) is 4.74 Å². The van der Waals surface area contributed by atoms with Gasteiger partial charge in [-0.3, -0.25) is 0 Å². The van der Waals surface area contributed by atoms with Crippen LogP contribution in [0.3, 0.4) is 0 Å². The minimum absolute atomic E-state index is 0.913. The molecule has 0 spiro atoms. The zero-order valence-electron chi connectivity index (χ0n) is 13.4. The number of ether oxygens (including phenoxy) is 1. The van der Waals surface area contributed by atoms with E-state index in [2.05, 4.69) is 19.2 Å². The molecule has 0 saturated heterocycles. The average Bonchev–Trinajstić information content (AvgIpc) is 2.42. The van der Waals surface area contributed by atoms with Crippen molar-refractivity contribution in [3.63, 3.8) is 0 Å². The predicted molar refractivity (Wildman–Crippen MR) is 83.5 cm³/mol. The van der Waals surface area contributed by atoms with E-state index in [0.29, 0.717) is 0 Å². The van der Waals surface area contributed by atoms with Gasteiger partial charge in [0.1, 0.15) is 0 Å². The van der Waals surface area contributed by atoms with E-state index in [4.69, 9.17) is 4.74 Å². The standard InChI is InChI=1S/C17H35NO/c1-4-7-15-9-10-17(14-18-11-5-2)16(13-15)8-6-12-19-3/h15-18H,4-14H2,1-3H3. The molecule has 2 heteroatoms. The molecule has 0 aromatic rings. The molecule has 19 heavy (non-hydrogen) atoms. The summed E-state index contributed by atoms with van der Waals surface area (Å²) in [5.41, 5.74) is 0. The number of methoxy groups -OCH3 is 1. The molecule has 1 rings (SSSR count). The molecule has 0 amide bonds. The van der Waals surface area contributed by atoms with Crippen molar-refractivity contribution in [2.45, 2.75) is 65.2 Å². The minimum Gasteiger partial charge on any atom is -0.385 e. The van der Waals surface area contributed by atoms with E-state index in [9.17, 15) is 0 Å². The molecule has 0 radical (unpaired) electrons. The van der Waals surface area contributed by atoms with Gasteiger partial charge < -0.3 is 10.1 Å². The Labute approximate surface area is 120 Å². The first kappa shape index (κ1) is 17.0. The minimum atomic E-state index is 0.913. The van der Waals surface area contributed by atoms with Crippen LogP contribution in [0, 0.1) is 17.8 Å². The topological polar surface area (TPSA) is 21.3 Å². The quantitative estimate of drug-likeness (QED) is 0.599. The SMILES string of the molecule is CCCNCC1CCC(CCC)CC1CCCOC. The van der Waals surface area contributed by atoms with Crippen molar-refractivity contribution in [3.8, 4) is 0 Å². The van der Waals surface area contributed by atoms with Crippen LogP contribution >= 0.6 is 0 Å². The number of rotatable bonds is 10. The van der Waals surface area contributed by atoms with Gasteiger partial charge in [-0.05, 0) is 62.9 Å². The molecule has 114 valence electrons. The van der Waals surface area contributed by atoms with Crippen LogP contribution < -0.4 is 5.32 Å². The molecule has 1 fully saturated rings. The van der Waals surface area contributed by atoms with Crippen molar-refractivity contribution in [2.75, 3.05) is 26.8 Å². The summed E-state index contributed by atoms with van der Waals surface area (Å²) in [6, 6.07) is 0. The van der Waals surface area contributed by atoms with Crippen molar-refractivity contribution >= 4 is 0 Å². The van der Waals surface area contributed by atoms with Crippen LogP contribution in [0.1, 0.15) is 65.2 Å². The van der Waals surface area contributed by atoms with Crippen molar-refractivity contribution in [2.24, 2.45) is 17.8 Å². The Morgan fingerprint density at radius 2 is 1.89 bits per heavy atom. The summed E-state index contributed by atoms with van der Waals surface area (Å²) in [6.45, 7) is 7.93. The maximum absolute atomic E-state index is 5.23. The highest BCUT2D eigenvalue weighted by Gasteiger charge is 2.29. The molecular weight excluding hydrogens is 234 g/mol. The lowest BCUT2D eigenvalue weighted by molar-refractivity contribution is 0.136. The first-order chi connectivity index (χ1) is 9.31. The largest absolute Gasteiger partial charge is 0.385 e. The van der Waals surface area contributed by atoms with Gasteiger partial charge in [-0.25, -0.2) is 0 Å². The lowest BCUT2D eigenvalue weighted by atomic mass is 9.71. The smallest absolute Gasteiger partial charge is 0.0462 e. The molecule has 0 aromatic carbocycles. The molecule has 0 aliphatic heterocycles. The third-order valence-corrected chi connectivity index (χ3v) is 4.70. The van der Waals surface area contributed by atoms with Crippen LogP contribution in [0.4, 0.5) is 0 Å². The van der Waals surface area contributed by atoms with E-state index in [1.807, 2.05) is 7.11 Å². The van der Waals surface area contributed by atoms with Crippen LogP contribution in [0.5, 0.6) is 0 Å². The van der Waals surface area contributed by atoms with Gasteiger partial charge in [-0.1, -0.05) is 33.1 Å². The van der Waals surface area contributed by atoms with Gasteiger partial charge in [-0.2, -0.15) is 0 Å². The van der Waals surface area contributed by atoms with Crippen molar-refractivity contribution in [1.82, 2.24) is 5.32 Å². The normalized spacial score (nSPS) is 27.6. The summed E-state index contributed by atoms with van der Waals surface area (Å²) in [4.78, 5) is 0. The first-order valence-electron chi connectivity index (χ1n) is 8.51. The Morgan fingerprint density at radius 3 is 2.58 bits per heavy atom. The van der Waals surface area contributed by atoms with Crippen LogP contribution in [0.2, 0.25) is 0 Å². The summed E-state index contributed by atoms with van der Waals surface area (Å²) in [7, 11) is 1.82. The third-order valence-electron chi connectivity index (χ3n) is 4.70. The number of hydrogen-bond acceptors (Lipinski definition) is 2. The second-order valence-electron chi connectivity index (χ2n) is 6.33. The molecule has 0 heterocycles. The third kappa shape index (κ3) is 6.76. The van der Waals surface area contributed by atoms with E-state index in [1.165, 1.54) is 64.5 Å².